The number of carbonyl (C=O) groups is 1. The van der Waals surface area contributed by atoms with Crippen molar-refractivity contribution in [1.29, 1.82) is 0 Å². The summed E-state index contributed by atoms with van der Waals surface area (Å²) in [6.07, 6.45) is 3.69. The molecule has 26 heavy (non-hydrogen) atoms. The van der Waals surface area contributed by atoms with Crippen molar-refractivity contribution in [3.63, 3.8) is 0 Å². The summed E-state index contributed by atoms with van der Waals surface area (Å²) in [6, 6.07) is 15.4. The number of nitrogens with one attached hydrogen (secondary N) is 1. The molecule has 1 aliphatic heterocycles. The SMILES string of the molecule is O=C(c1cc(-c2ccccn2)n[nH]1)N1CCC(Cc2ccc(Cl)cc2)C1. The van der Waals surface area contributed by atoms with Crippen molar-refractivity contribution in [3.8, 4) is 11.4 Å². The summed E-state index contributed by atoms with van der Waals surface area (Å²) < 4.78 is 0. The summed E-state index contributed by atoms with van der Waals surface area (Å²) in [5, 5.41) is 7.83. The van der Waals surface area contributed by atoms with E-state index in [1.165, 1.54) is 5.56 Å². The average Bonchev–Trinajstić information content (AvgIpc) is 3.34. The van der Waals surface area contributed by atoms with Crippen LogP contribution in [0.25, 0.3) is 11.4 Å². The molecule has 3 aromatic rings. The molecular formula is C20H19ClN4O. The quantitative estimate of drug-likeness (QED) is 0.763. The van der Waals surface area contributed by atoms with Gasteiger partial charge in [0.15, 0.2) is 0 Å². The van der Waals surface area contributed by atoms with Crippen LogP contribution in [-0.4, -0.2) is 39.1 Å². The normalized spacial score (nSPS) is 16.8. The van der Waals surface area contributed by atoms with Crippen molar-refractivity contribution < 1.29 is 4.79 Å². The van der Waals surface area contributed by atoms with Crippen LogP contribution in [0.2, 0.25) is 5.02 Å². The number of hydrogen-bond acceptors (Lipinski definition) is 3. The minimum Gasteiger partial charge on any atom is -0.337 e. The molecule has 0 bridgehead atoms. The molecule has 0 radical (unpaired) electrons. The number of likely N-dealkylation sites (tertiary alicyclic amines) is 1. The second-order valence-corrected chi connectivity index (χ2v) is 7.05. The fourth-order valence-electron chi connectivity index (χ4n) is 3.38. The summed E-state index contributed by atoms with van der Waals surface area (Å²) in [5.74, 6) is 0.469. The van der Waals surface area contributed by atoms with Gasteiger partial charge in [0.05, 0.1) is 5.69 Å². The van der Waals surface area contributed by atoms with Crippen LogP contribution in [-0.2, 0) is 6.42 Å². The maximum atomic E-state index is 12.8. The molecule has 1 atom stereocenters. The van der Waals surface area contributed by atoms with Gasteiger partial charge in [-0.15, -0.1) is 0 Å². The van der Waals surface area contributed by atoms with Gasteiger partial charge in [-0.3, -0.25) is 14.9 Å². The molecule has 1 saturated heterocycles. The van der Waals surface area contributed by atoms with Gasteiger partial charge in [-0.25, -0.2) is 0 Å². The maximum Gasteiger partial charge on any atom is 0.271 e. The van der Waals surface area contributed by atoms with Crippen LogP contribution in [0.3, 0.4) is 0 Å². The molecule has 6 heteroatoms. The lowest BCUT2D eigenvalue weighted by molar-refractivity contribution is 0.0781. The highest BCUT2D eigenvalue weighted by molar-refractivity contribution is 6.30. The van der Waals surface area contributed by atoms with Gasteiger partial charge in [-0.1, -0.05) is 29.8 Å². The second kappa shape index (κ2) is 7.30. The Morgan fingerprint density at radius 3 is 2.81 bits per heavy atom. The Labute approximate surface area is 157 Å². The van der Waals surface area contributed by atoms with Crippen molar-refractivity contribution in [3.05, 3.63) is 71.0 Å². The third kappa shape index (κ3) is 3.63. The first kappa shape index (κ1) is 16.8. The number of amides is 1. The van der Waals surface area contributed by atoms with Crippen LogP contribution in [0.1, 0.15) is 22.5 Å². The van der Waals surface area contributed by atoms with Gasteiger partial charge < -0.3 is 4.90 Å². The number of carbonyl (C=O) groups excluding carboxylic acids is 1. The van der Waals surface area contributed by atoms with Crippen molar-refractivity contribution in [1.82, 2.24) is 20.1 Å². The number of H-pyrrole nitrogens is 1. The predicted octanol–water partition coefficient (Wildman–Crippen LogP) is 3.83. The van der Waals surface area contributed by atoms with Gasteiger partial charge in [0, 0.05) is 24.3 Å². The van der Waals surface area contributed by atoms with E-state index in [9.17, 15) is 4.79 Å². The summed E-state index contributed by atoms with van der Waals surface area (Å²) in [4.78, 5) is 18.9. The molecule has 1 fully saturated rings. The van der Waals surface area contributed by atoms with E-state index in [1.807, 2.05) is 35.2 Å². The van der Waals surface area contributed by atoms with Crippen LogP contribution >= 0.6 is 11.6 Å². The number of rotatable bonds is 4. The third-order valence-corrected chi connectivity index (χ3v) is 5.00. The van der Waals surface area contributed by atoms with E-state index in [4.69, 9.17) is 11.6 Å². The molecule has 0 aliphatic carbocycles. The Morgan fingerprint density at radius 2 is 2.04 bits per heavy atom. The number of pyridine rings is 1. The average molecular weight is 367 g/mol. The summed E-state index contributed by atoms with van der Waals surface area (Å²) in [5.41, 5.74) is 3.21. The van der Waals surface area contributed by atoms with Gasteiger partial charge in [0.2, 0.25) is 0 Å². The molecule has 2 aromatic heterocycles. The molecule has 132 valence electrons. The lowest BCUT2D eigenvalue weighted by atomic mass is 9.99. The number of nitrogens with zero attached hydrogens (tertiary/aromatic N) is 3. The van der Waals surface area contributed by atoms with Crippen LogP contribution in [0, 0.1) is 5.92 Å². The van der Waals surface area contributed by atoms with E-state index >= 15 is 0 Å². The van der Waals surface area contributed by atoms with E-state index in [0.29, 0.717) is 17.3 Å². The Balaban J connectivity index is 1.40. The smallest absolute Gasteiger partial charge is 0.271 e. The highest BCUT2D eigenvalue weighted by atomic mass is 35.5. The molecule has 0 spiro atoms. The Hall–Kier alpha value is -2.66. The molecule has 3 heterocycles. The monoisotopic (exact) mass is 366 g/mol. The fourth-order valence-corrected chi connectivity index (χ4v) is 3.51. The maximum absolute atomic E-state index is 12.8. The Bertz CT molecular complexity index is 892. The minimum atomic E-state index is -0.00159. The number of aromatic amines is 1. The van der Waals surface area contributed by atoms with Crippen LogP contribution in [0.15, 0.2) is 54.7 Å². The number of benzene rings is 1. The summed E-state index contributed by atoms with van der Waals surface area (Å²) in [7, 11) is 0. The number of halogens is 1. The first-order valence-electron chi connectivity index (χ1n) is 8.69. The van der Waals surface area contributed by atoms with Gasteiger partial charge in [0.25, 0.3) is 5.91 Å². The topological polar surface area (TPSA) is 61.9 Å². The highest BCUT2D eigenvalue weighted by Gasteiger charge is 2.28. The number of hydrogen-bond donors (Lipinski definition) is 1. The predicted molar refractivity (Wildman–Crippen MR) is 101 cm³/mol. The minimum absolute atomic E-state index is 0.00159. The van der Waals surface area contributed by atoms with Crippen molar-refractivity contribution in [2.75, 3.05) is 13.1 Å². The van der Waals surface area contributed by atoms with E-state index in [1.54, 1.807) is 12.3 Å². The lowest BCUT2D eigenvalue weighted by Gasteiger charge is -2.15. The number of aromatic nitrogens is 3. The molecule has 1 aliphatic rings. The lowest BCUT2D eigenvalue weighted by Crippen LogP contribution is -2.29. The van der Waals surface area contributed by atoms with Crippen LogP contribution in [0.5, 0.6) is 0 Å². The largest absolute Gasteiger partial charge is 0.337 e. The zero-order chi connectivity index (χ0) is 17.9. The second-order valence-electron chi connectivity index (χ2n) is 6.62. The Kier molecular flexibility index (Phi) is 4.71. The molecule has 4 rings (SSSR count). The van der Waals surface area contributed by atoms with Gasteiger partial charge >= 0.3 is 0 Å². The first-order chi connectivity index (χ1) is 12.7. The van der Waals surface area contributed by atoms with Crippen molar-refractivity contribution >= 4 is 17.5 Å². The van der Waals surface area contributed by atoms with E-state index in [-0.39, 0.29) is 5.91 Å². The molecule has 1 N–H and O–H groups in total. The molecule has 1 unspecified atom stereocenters. The molecule has 0 saturated carbocycles. The molecule has 1 amide bonds. The van der Waals surface area contributed by atoms with E-state index < -0.39 is 0 Å². The summed E-state index contributed by atoms with van der Waals surface area (Å²) >= 11 is 5.94. The Morgan fingerprint density at radius 1 is 1.19 bits per heavy atom. The van der Waals surface area contributed by atoms with Gasteiger partial charge in [-0.05, 0) is 54.7 Å². The van der Waals surface area contributed by atoms with Crippen molar-refractivity contribution in [2.45, 2.75) is 12.8 Å². The van der Waals surface area contributed by atoms with Gasteiger partial charge in [0.1, 0.15) is 11.4 Å². The molecule has 5 nitrogen and oxygen atoms in total. The van der Waals surface area contributed by atoms with Crippen LogP contribution in [0.4, 0.5) is 0 Å². The van der Waals surface area contributed by atoms with E-state index in [2.05, 4.69) is 27.3 Å². The standard InChI is InChI=1S/C20H19ClN4O/c21-16-6-4-14(5-7-16)11-15-8-10-25(13-15)20(26)19-12-18(23-24-19)17-3-1-2-9-22-17/h1-7,9,12,15H,8,10-11,13H2,(H,23,24). The fraction of sp³-hybridized carbons (Fsp3) is 0.250. The highest BCUT2D eigenvalue weighted by Crippen LogP contribution is 2.24. The molecule has 1 aromatic carbocycles. The molecular weight excluding hydrogens is 348 g/mol. The van der Waals surface area contributed by atoms with Crippen LogP contribution < -0.4 is 0 Å². The zero-order valence-corrected chi connectivity index (χ0v) is 15.0. The van der Waals surface area contributed by atoms with Gasteiger partial charge in [-0.2, -0.15) is 5.10 Å². The van der Waals surface area contributed by atoms with Crippen molar-refractivity contribution in [2.24, 2.45) is 5.92 Å². The van der Waals surface area contributed by atoms with E-state index in [0.717, 1.165) is 36.6 Å². The zero-order valence-electron chi connectivity index (χ0n) is 14.2. The summed E-state index contributed by atoms with van der Waals surface area (Å²) in [6.45, 7) is 1.54. The third-order valence-electron chi connectivity index (χ3n) is 4.75. The first-order valence-corrected chi connectivity index (χ1v) is 9.07.